The van der Waals surface area contributed by atoms with Gasteiger partial charge in [-0.05, 0) is 18.9 Å². The summed E-state index contributed by atoms with van der Waals surface area (Å²) in [5.74, 6) is 0.0707. The van der Waals surface area contributed by atoms with Gasteiger partial charge in [-0.3, -0.25) is 4.79 Å². The number of hydrogen-bond donors (Lipinski definition) is 2. The molecule has 1 fully saturated rings. The Kier molecular flexibility index (Phi) is 5.36. The lowest BCUT2D eigenvalue weighted by Gasteiger charge is -2.23. The largest absolute Gasteiger partial charge is 0.375 e. The third-order valence-corrected chi connectivity index (χ3v) is 3.24. The van der Waals surface area contributed by atoms with Gasteiger partial charge in [0.25, 0.3) is 0 Å². The Labute approximate surface area is 114 Å². The molecular weight excluding hydrogens is 240 g/mol. The Balaban J connectivity index is 1.66. The number of amides is 1. The van der Waals surface area contributed by atoms with Crippen LogP contribution in [0.2, 0.25) is 0 Å². The summed E-state index contributed by atoms with van der Waals surface area (Å²) in [5, 5.41) is 6.17. The van der Waals surface area contributed by atoms with E-state index in [0.717, 1.165) is 19.5 Å². The highest BCUT2D eigenvalue weighted by Gasteiger charge is 2.16. The van der Waals surface area contributed by atoms with E-state index in [1.54, 1.807) is 0 Å². The van der Waals surface area contributed by atoms with Gasteiger partial charge < -0.3 is 15.4 Å². The van der Waals surface area contributed by atoms with Gasteiger partial charge in [0.05, 0.1) is 19.1 Å². The number of carbonyl (C=O) groups is 1. The molecule has 1 atom stereocenters. The number of hydrogen-bond acceptors (Lipinski definition) is 3. The predicted molar refractivity (Wildman–Crippen MR) is 75.1 cm³/mol. The molecule has 0 radical (unpaired) electrons. The molecule has 1 aliphatic rings. The zero-order chi connectivity index (χ0) is 13.5. The Morgan fingerprint density at radius 3 is 3.16 bits per heavy atom. The van der Waals surface area contributed by atoms with Gasteiger partial charge in [0.1, 0.15) is 0 Å². The zero-order valence-electron chi connectivity index (χ0n) is 11.4. The summed E-state index contributed by atoms with van der Waals surface area (Å²) in [6.07, 6.45) is 1.34. The molecule has 0 spiro atoms. The van der Waals surface area contributed by atoms with Crippen LogP contribution in [0, 0.1) is 6.92 Å². The van der Waals surface area contributed by atoms with Gasteiger partial charge in [-0.15, -0.1) is 0 Å². The molecule has 1 aliphatic heterocycles. The number of rotatable bonds is 5. The number of ether oxygens (including phenoxy) is 1. The molecule has 1 aromatic rings. The summed E-state index contributed by atoms with van der Waals surface area (Å²) < 4.78 is 5.51. The summed E-state index contributed by atoms with van der Waals surface area (Å²) in [5.41, 5.74) is 2.52. The summed E-state index contributed by atoms with van der Waals surface area (Å²) in [6.45, 7) is 5.11. The molecule has 19 heavy (non-hydrogen) atoms. The second-order valence-electron chi connectivity index (χ2n) is 4.99. The molecular formula is C15H22N2O2. The van der Waals surface area contributed by atoms with Crippen molar-refractivity contribution in [3.63, 3.8) is 0 Å². The molecule has 104 valence electrons. The molecule has 1 saturated heterocycles. The molecule has 1 amide bonds. The number of morpholine rings is 1. The van der Waals surface area contributed by atoms with Crippen molar-refractivity contribution in [2.75, 3.05) is 26.2 Å². The number of nitrogens with one attached hydrogen (secondary N) is 2. The van der Waals surface area contributed by atoms with E-state index < -0.39 is 0 Å². The average Bonchev–Trinajstić information content (AvgIpc) is 2.40. The van der Waals surface area contributed by atoms with Crippen LogP contribution in [0.4, 0.5) is 0 Å². The Morgan fingerprint density at radius 1 is 1.53 bits per heavy atom. The van der Waals surface area contributed by atoms with E-state index in [4.69, 9.17) is 4.74 Å². The topological polar surface area (TPSA) is 50.4 Å². The van der Waals surface area contributed by atoms with Crippen LogP contribution in [-0.2, 0) is 16.0 Å². The van der Waals surface area contributed by atoms with Crippen molar-refractivity contribution in [1.82, 2.24) is 10.6 Å². The molecule has 1 aromatic carbocycles. The van der Waals surface area contributed by atoms with Gasteiger partial charge in [0.2, 0.25) is 5.91 Å². The third-order valence-electron chi connectivity index (χ3n) is 3.24. The first-order valence-corrected chi connectivity index (χ1v) is 6.88. The van der Waals surface area contributed by atoms with E-state index in [9.17, 15) is 4.79 Å². The van der Waals surface area contributed by atoms with E-state index in [1.807, 2.05) is 6.07 Å². The summed E-state index contributed by atoms with van der Waals surface area (Å²) in [6, 6.07) is 8.37. The molecule has 0 aliphatic carbocycles. The smallest absolute Gasteiger partial charge is 0.222 e. The summed E-state index contributed by atoms with van der Waals surface area (Å²) in [7, 11) is 0. The Hall–Kier alpha value is -1.39. The van der Waals surface area contributed by atoms with Crippen LogP contribution >= 0.6 is 0 Å². The first kappa shape index (κ1) is 14.0. The van der Waals surface area contributed by atoms with Crippen molar-refractivity contribution in [2.24, 2.45) is 0 Å². The van der Waals surface area contributed by atoms with Crippen LogP contribution in [0.5, 0.6) is 0 Å². The minimum atomic E-state index is 0.0210. The maximum atomic E-state index is 11.7. The maximum absolute atomic E-state index is 11.7. The number of aryl methyl sites for hydroxylation is 1. The molecule has 0 saturated carbocycles. The monoisotopic (exact) mass is 262 g/mol. The third kappa shape index (κ3) is 5.01. The van der Waals surface area contributed by atoms with E-state index >= 15 is 0 Å². The standard InChI is InChI=1S/C15H22N2O2/c1-12-3-2-4-13(9-12)5-6-17-15(18)10-14-11-16-7-8-19-14/h2-4,9,14,16H,5-8,10-11H2,1H3,(H,17,18). The average molecular weight is 262 g/mol. The van der Waals surface area contributed by atoms with Gasteiger partial charge in [-0.2, -0.15) is 0 Å². The maximum Gasteiger partial charge on any atom is 0.222 e. The Bertz CT molecular complexity index is 414. The molecule has 4 heteroatoms. The second kappa shape index (κ2) is 7.26. The molecule has 1 unspecified atom stereocenters. The van der Waals surface area contributed by atoms with E-state index in [2.05, 4.69) is 35.8 Å². The molecule has 4 nitrogen and oxygen atoms in total. The minimum absolute atomic E-state index is 0.0210. The van der Waals surface area contributed by atoms with Crippen LogP contribution in [0.25, 0.3) is 0 Å². The van der Waals surface area contributed by atoms with Crippen molar-refractivity contribution in [3.8, 4) is 0 Å². The van der Waals surface area contributed by atoms with Crippen molar-refractivity contribution >= 4 is 5.91 Å². The van der Waals surface area contributed by atoms with Gasteiger partial charge in [-0.1, -0.05) is 29.8 Å². The van der Waals surface area contributed by atoms with E-state index in [1.165, 1.54) is 11.1 Å². The minimum Gasteiger partial charge on any atom is -0.375 e. The lowest BCUT2D eigenvalue weighted by Crippen LogP contribution is -2.41. The van der Waals surface area contributed by atoms with Crippen LogP contribution in [0.3, 0.4) is 0 Å². The molecule has 2 rings (SSSR count). The molecule has 1 heterocycles. The highest BCUT2D eigenvalue weighted by Crippen LogP contribution is 2.04. The van der Waals surface area contributed by atoms with E-state index in [0.29, 0.717) is 19.6 Å². The number of benzene rings is 1. The number of carbonyl (C=O) groups excluding carboxylic acids is 1. The van der Waals surface area contributed by atoms with Crippen molar-refractivity contribution in [2.45, 2.75) is 25.9 Å². The summed E-state index contributed by atoms with van der Waals surface area (Å²) in [4.78, 5) is 11.7. The van der Waals surface area contributed by atoms with Crippen molar-refractivity contribution in [1.29, 1.82) is 0 Å². The lowest BCUT2D eigenvalue weighted by molar-refractivity contribution is -0.124. The first-order valence-electron chi connectivity index (χ1n) is 6.88. The zero-order valence-corrected chi connectivity index (χ0v) is 11.4. The molecule has 2 N–H and O–H groups in total. The second-order valence-corrected chi connectivity index (χ2v) is 4.99. The SMILES string of the molecule is Cc1cccc(CCNC(=O)CC2CNCCO2)c1. The van der Waals surface area contributed by atoms with Crippen LogP contribution in [0.15, 0.2) is 24.3 Å². The fourth-order valence-electron chi connectivity index (χ4n) is 2.24. The fraction of sp³-hybridized carbons (Fsp3) is 0.533. The first-order chi connectivity index (χ1) is 9.24. The predicted octanol–water partition coefficient (Wildman–Crippen LogP) is 1.03. The highest BCUT2D eigenvalue weighted by molar-refractivity contribution is 5.76. The van der Waals surface area contributed by atoms with Gasteiger partial charge >= 0.3 is 0 Å². The van der Waals surface area contributed by atoms with Gasteiger partial charge in [-0.25, -0.2) is 0 Å². The van der Waals surface area contributed by atoms with Crippen molar-refractivity contribution in [3.05, 3.63) is 35.4 Å². The van der Waals surface area contributed by atoms with Crippen LogP contribution in [0.1, 0.15) is 17.5 Å². The lowest BCUT2D eigenvalue weighted by atomic mass is 10.1. The van der Waals surface area contributed by atoms with E-state index in [-0.39, 0.29) is 12.0 Å². The van der Waals surface area contributed by atoms with Gasteiger partial charge in [0, 0.05) is 19.6 Å². The normalized spacial score (nSPS) is 19.1. The van der Waals surface area contributed by atoms with Crippen LogP contribution in [-0.4, -0.2) is 38.3 Å². The van der Waals surface area contributed by atoms with Crippen LogP contribution < -0.4 is 10.6 Å². The quantitative estimate of drug-likeness (QED) is 0.833. The molecule has 0 aromatic heterocycles. The summed E-state index contributed by atoms with van der Waals surface area (Å²) >= 11 is 0. The fourth-order valence-corrected chi connectivity index (χ4v) is 2.24. The highest BCUT2D eigenvalue weighted by atomic mass is 16.5. The van der Waals surface area contributed by atoms with Gasteiger partial charge in [0.15, 0.2) is 0 Å². The molecule has 0 bridgehead atoms. The van der Waals surface area contributed by atoms with Crippen molar-refractivity contribution < 1.29 is 9.53 Å². The Morgan fingerprint density at radius 2 is 2.42 bits per heavy atom.